The summed E-state index contributed by atoms with van der Waals surface area (Å²) in [5, 5.41) is 0. The predicted molar refractivity (Wildman–Crippen MR) is 275 cm³/mol. The van der Waals surface area contributed by atoms with Crippen molar-refractivity contribution < 1.29 is 0 Å². The number of fused-ring (bicyclic) bond motifs is 16. The summed E-state index contributed by atoms with van der Waals surface area (Å²) < 4.78 is 0. The molecule has 0 amide bonds. The third-order valence-corrected chi connectivity index (χ3v) is 14.8. The minimum atomic E-state index is -0.555. The molecule has 0 unspecified atom stereocenters. The highest BCUT2D eigenvalue weighted by molar-refractivity contribution is 5.94. The van der Waals surface area contributed by atoms with Crippen LogP contribution in [0.25, 0.3) is 78.7 Å². The first-order chi connectivity index (χ1) is 33.7. The van der Waals surface area contributed by atoms with Crippen LogP contribution in [0.5, 0.6) is 0 Å². The third-order valence-electron chi connectivity index (χ3n) is 14.8. The molecule has 3 aliphatic carbocycles. The molecule has 0 bridgehead atoms. The van der Waals surface area contributed by atoms with E-state index in [-0.39, 0.29) is 0 Å². The van der Waals surface area contributed by atoms with Gasteiger partial charge in [0.2, 0.25) is 0 Å². The normalized spacial score (nSPS) is 13.8. The molecule has 0 N–H and O–H groups in total. The second kappa shape index (κ2) is 14.9. The van der Waals surface area contributed by atoms with Crippen LogP contribution in [-0.2, 0) is 10.8 Å². The van der Waals surface area contributed by atoms with Gasteiger partial charge in [0.15, 0.2) is 17.5 Å². The van der Waals surface area contributed by atoms with Crippen LogP contribution in [0.4, 0.5) is 0 Å². The van der Waals surface area contributed by atoms with Crippen LogP contribution in [0.15, 0.2) is 249 Å². The Labute approximate surface area is 395 Å². The molecule has 0 saturated heterocycles. The summed E-state index contributed by atoms with van der Waals surface area (Å²) in [6.07, 6.45) is 0. The second-order valence-corrected chi connectivity index (χ2v) is 18.2. The minimum absolute atomic E-state index is 0.520. The van der Waals surface area contributed by atoms with Gasteiger partial charge in [-0.25, -0.2) is 15.0 Å². The molecule has 1 heterocycles. The van der Waals surface area contributed by atoms with Gasteiger partial charge in [0, 0.05) is 16.7 Å². The highest BCUT2D eigenvalue weighted by Crippen LogP contribution is 2.67. The molecule has 0 saturated carbocycles. The van der Waals surface area contributed by atoms with E-state index in [1.807, 2.05) is 60.7 Å². The number of aromatic nitrogens is 3. The molecule has 3 nitrogen and oxygen atoms in total. The summed E-state index contributed by atoms with van der Waals surface area (Å²) in [6.45, 7) is 0. The number of nitrogens with zero attached hydrogens (tertiary/aromatic N) is 3. The third kappa shape index (κ3) is 5.39. The molecule has 0 aliphatic heterocycles. The SMILES string of the molecule is c1ccc(-c2nc(-c3ccccc3)nc(-c3cccc(-c4cccc(-c5ccc6c(c5)C5(c7ccccc7-c7ccccc75)c5ccccc5C65c6ccccc6-c6ccccc65)c4)c3)n2)cc1. The number of hydrogen-bond acceptors (Lipinski definition) is 3. The Balaban J connectivity index is 0.970. The van der Waals surface area contributed by atoms with Gasteiger partial charge in [0.25, 0.3) is 0 Å². The van der Waals surface area contributed by atoms with E-state index in [0.717, 1.165) is 33.4 Å². The highest BCUT2D eigenvalue weighted by atomic mass is 15.0. The van der Waals surface area contributed by atoms with Gasteiger partial charge in [0.1, 0.15) is 0 Å². The molecule has 1 aromatic heterocycles. The summed E-state index contributed by atoms with van der Waals surface area (Å²) in [5.74, 6) is 1.93. The first-order valence-electron chi connectivity index (χ1n) is 23.4. The molecule has 0 radical (unpaired) electrons. The zero-order valence-electron chi connectivity index (χ0n) is 37.0. The van der Waals surface area contributed by atoms with E-state index in [1.54, 1.807) is 0 Å². The van der Waals surface area contributed by atoms with Crippen LogP contribution in [0.2, 0.25) is 0 Å². The number of hydrogen-bond donors (Lipinski definition) is 0. The lowest BCUT2D eigenvalue weighted by Gasteiger charge is -2.49. The predicted octanol–water partition coefficient (Wildman–Crippen LogP) is 15.2. The lowest BCUT2D eigenvalue weighted by atomic mass is 9.52. The maximum absolute atomic E-state index is 5.06. The number of rotatable bonds is 5. The Kier molecular flexibility index (Phi) is 8.41. The lowest BCUT2D eigenvalue weighted by molar-refractivity contribution is 0.633. The van der Waals surface area contributed by atoms with Crippen LogP contribution in [0, 0.1) is 0 Å². The van der Waals surface area contributed by atoms with E-state index in [4.69, 9.17) is 15.0 Å². The van der Waals surface area contributed by atoms with E-state index < -0.39 is 10.8 Å². The summed E-state index contributed by atoms with van der Waals surface area (Å²) in [6, 6.07) is 91.0. The van der Waals surface area contributed by atoms with E-state index in [1.165, 1.54) is 72.3 Å². The molecule has 0 fully saturated rings. The zero-order chi connectivity index (χ0) is 44.8. The van der Waals surface area contributed by atoms with Crippen LogP contribution in [0.3, 0.4) is 0 Å². The van der Waals surface area contributed by atoms with Crippen LogP contribution in [-0.4, -0.2) is 15.0 Å². The number of benzene rings is 10. The first-order valence-corrected chi connectivity index (χ1v) is 23.4. The van der Waals surface area contributed by atoms with Crippen molar-refractivity contribution in [2.75, 3.05) is 0 Å². The van der Waals surface area contributed by atoms with Crippen molar-refractivity contribution in [2.45, 2.75) is 10.8 Å². The molecule has 2 spiro atoms. The Morgan fingerprint density at radius 2 is 0.485 bits per heavy atom. The maximum atomic E-state index is 5.06. The Hall–Kier alpha value is -8.79. The summed E-state index contributed by atoms with van der Waals surface area (Å²) in [7, 11) is 0. The van der Waals surface area contributed by atoms with E-state index in [0.29, 0.717) is 17.5 Å². The van der Waals surface area contributed by atoms with Gasteiger partial charge < -0.3 is 0 Å². The van der Waals surface area contributed by atoms with Crippen LogP contribution < -0.4 is 0 Å². The molecule has 10 aromatic carbocycles. The Morgan fingerprint density at radius 1 is 0.191 bits per heavy atom. The van der Waals surface area contributed by atoms with Gasteiger partial charge in [0.05, 0.1) is 10.8 Å². The van der Waals surface area contributed by atoms with Crippen molar-refractivity contribution in [3.8, 4) is 78.7 Å². The summed E-state index contributed by atoms with van der Waals surface area (Å²) >= 11 is 0. The smallest absolute Gasteiger partial charge is 0.164 e. The van der Waals surface area contributed by atoms with Crippen molar-refractivity contribution in [1.29, 1.82) is 0 Å². The molecule has 0 atom stereocenters. The zero-order valence-corrected chi connectivity index (χ0v) is 37.0. The maximum Gasteiger partial charge on any atom is 0.164 e. The van der Waals surface area contributed by atoms with Gasteiger partial charge in [-0.3, -0.25) is 0 Å². The fourth-order valence-electron chi connectivity index (χ4n) is 12.1. The molecular formula is C65H41N3. The van der Waals surface area contributed by atoms with Crippen molar-refractivity contribution in [3.63, 3.8) is 0 Å². The fraction of sp³-hybridized carbons (Fsp3) is 0.0308. The second-order valence-electron chi connectivity index (χ2n) is 18.2. The average molecular weight is 864 g/mol. The van der Waals surface area contributed by atoms with Crippen molar-refractivity contribution in [1.82, 2.24) is 15.0 Å². The summed E-state index contributed by atoms with van der Waals surface area (Å²) in [4.78, 5) is 15.1. The van der Waals surface area contributed by atoms with Gasteiger partial charge >= 0.3 is 0 Å². The van der Waals surface area contributed by atoms with Gasteiger partial charge in [-0.2, -0.15) is 0 Å². The quantitative estimate of drug-likeness (QED) is 0.173. The van der Waals surface area contributed by atoms with Gasteiger partial charge in [-0.15, -0.1) is 0 Å². The van der Waals surface area contributed by atoms with E-state index in [9.17, 15) is 0 Å². The van der Waals surface area contributed by atoms with Gasteiger partial charge in [-0.05, 0) is 107 Å². The van der Waals surface area contributed by atoms with E-state index >= 15 is 0 Å². The first kappa shape index (κ1) is 38.5. The standard InChI is InChI=1S/C65H41N3/c1-3-19-42(20-4-1)61-66-62(43-21-5-2-6-22-43)68-63(67-61)48-26-18-25-46(40-48)44-23-17-24-45(39-44)47-37-38-59-60(41-47)65(55-33-13-9-29-51(55)52-30-10-14-34-56(52)65)58-36-16-15-35-57(58)64(59)53-31-11-7-27-49(53)50-28-8-12-32-54(50)64/h1-41H. The largest absolute Gasteiger partial charge is 0.208 e. The molecule has 11 aromatic rings. The van der Waals surface area contributed by atoms with Gasteiger partial charge in [-0.1, -0.05) is 231 Å². The van der Waals surface area contributed by atoms with Crippen molar-refractivity contribution in [2.24, 2.45) is 0 Å². The minimum Gasteiger partial charge on any atom is -0.208 e. The summed E-state index contributed by atoms with van der Waals surface area (Å²) in [5.41, 5.74) is 22.2. The molecule has 14 rings (SSSR count). The lowest BCUT2D eigenvalue weighted by Crippen LogP contribution is -2.43. The Bertz CT molecular complexity index is 3670. The molecule has 68 heavy (non-hydrogen) atoms. The van der Waals surface area contributed by atoms with Crippen LogP contribution in [0.1, 0.15) is 44.5 Å². The van der Waals surface area contributed by atoms with Crippen molar-refractivity contribution >= 4 is 0 Å². The molecule has 3 heteroatoms. The topological polar surface area (TPSA) is 38.7 Å². The van der Waals surface area contributed by atoms with Crippen molar-refractivity contribution in [3.05, 3.63) is 293 Å². The highest BCUT2D eigenvalue weighted by Gasteiger charge is 2.58. The average Bonchev–Trinajstić information content (AvgIpc) is 3.89. The molecule has 316 valence electrons. The Morgan fingerprint density at radius 3 is 0.926 bits per heavy atom. The monoisotopic (exact) mass is 863 g/mol. The molecule has 3 aliphatic rings. The molecular weight excluding hydrogens is 823 g/mol. The van der Waals surface area contributed by atoms with E-state index in [2.05, 4.69) is 188 Å². The fourth-order valence-corrected chi connectivity index (χ4v) is 12.1. The van der Waals surface area contributed by atoms with Crippen LogP contribution >= 0.6 is 0 Å².